The minimum atomic E-state index is -0.717. The van der Waals surface area contributed by atoms with Crippen LogP contribution < -0.4 is 11.1 Å². The van der Waals surface area contributed by atoms with Crippen LogP contribution in [0.15, 0.2) is 30.3 Å². The first-order chi connectivity index (χ1) is 10.1. The number of hydrogen-bond acceptors (Lipinski definition) is 5. The van der Waals surface area contributed by atoms with Crippen LogP contribution in [0, 0.1) is 0 Å². The number of nitrogens with one attached hydrogen (secondary N) is 1. The summed E-state index contributed by atoms with van der Waals surface area (Å²) in [4.78, 5) is 23.8. The van der Waals surface area contributed by atoms with Gasteiger partial charge in [-0.2, -0.15) is 11.8 Å². The number of amides is 1. The van der Waals surface area contributed by atoms with E-state index in [1.165, 1.54) is 7.11 Å². The molecule has 0 saturated carbocycles. The molecular formula is C15H23ClN2O3S. The lowest BCUT2D eigenvalue weighted by atomic mass is 10.1. The average Bonchev–Trinajstić information content (AvgIpc) is 2.51. The number of methoxy groups -OCH3 is 1. The maximum atomic E-state index is 12.0. The van der Waals surface area contributed by atoms with Gasteiger partial charge >= 0.3 is 5.97 Å². The standard InChI is InChI=1S/C15H22N2O3S.ClH/c1-20-15(19)13(10-11-6-4-3-5-7-11)17-14(18)12(16)8-9-21-2;/h3-7,12-13H,8-10,16H2,1-2H3,(H,17,18);1H/t12-,13-;/m0./s1. The van der Waals surface area contributed by atoms with E-state index in [-0.39, 0.29) is 18.3 Å². The van der Waals surface area contributed by atoms with Crippen LogP contribution in [-0.2, 0) is 20.7 Å². The van der Waals surface area contributed by atoms with Crippen LogP contribution in [0.2, 0.25) is 0 Å². The molecule has 1 aromatic rings. The molecule has 0 bridgehead atoms. The molecular weight excluding hydrogens is 324 g/mol. The molecule has 7 heteroatoms. The van der Waals surface area contributed by atoms with Crippen molar-refractivity contribution in [2.45, 2.75) is 24.9 Å². The molecule has 0 saturated heterocycles. The van der Waals surface area contributed by atoms with E-state index >= 15 is 0 Å². The molecule has 0 heterocycles. The van der Waals surface area contributed by atoms with Crippen LogP contribution in [0.1, 0.15) is 12.0 Å². The smallest absolute Gasteiger partial charge is 0.328 e. The van der Waals surface area contributed by atoms with E-state index in [1.54, 1.807) is 11.8 Å². The molecule has 2 atom stereocenters. The van der Waals surface area contributed by atoms with E-state index < -0.39 is 18.1 Å². The molecule has 5 nitrogen and oxygen atoms in total. The Hall–Kier alpha value is -1.24. The molecule has 1 amide bonds. The third-order valence-electron chi connectivity index (χ3n) is 3.05. The highest BCUT2D eigenvalue weighted by atomic mass is 35.5. The van der Waals surface area contributed by atoms with Gasteiger partial charge in [0.05, 0.1) is 13.2 Å². The van der Waals surface area contributed by atoms with Crippen molar-refractivity contribution >= 4 is 36.0 Å². The van der Waals surface area contributed by atoms with Crippen molar-refractivity contribution in [1.29, 1.82) is 0 Å². The quantitative estimate of drug-likeness (QED) is 0.695. The summed E-state index contributed by atoms with van der Waals surface area (Å²) in [7, 11) is 1.31. The number of ether oxygens (including phenoxy) is 1. The first kappa shape index (κ1) is 20.8. The summed E-state index contributed by atoms with van der Waals surface area (Å²) in [6, 6.07) is 8.13. The van der Waals surface area contributed by atoms with Gasteiger partial charge in [0, 0.05) is 6.42 Å². The Balaban J connectivity index is 0.00000441. The van der Waals surface area contributed by atoms with Crippen LogP contribution in [0.3, 0.4) is 0 Å². The fourth-order valence-electron chi connectivity index (χ4n) is 1.84. The highest BCUT2D eigenvalue weighted by Gasteiger charge is 2.24. The SMILES string of the molecule is COC(=O)[C@H](Cc1ccccc1)NC(=O)[C@@H](N)CCSC.Cl. The largest absolute Gasteiger partial charge is 0.467 e. The number of rotatable bonds is 8. The first-order valence-electron chi connectivity index (χ1n) is 6.75. The number of thioether (sulfide) groups is 1. The Kier molecular flexibility index (Phi) is 10.7. The maximum absolute atomic E-state index is 12.0. The van der Waals surface area contributed by atoms with Gasteiger partial charge in [0.1, 0.15) is 6.04 Å². The van der Waals surface area contributed by atoms with Crippen LogP contribution >= 0.6 is 24.2 Å². The monoisotopic (exact) mass is 346 g/mol. The highest BCUT2D eigenvalue weighted by Crippen LogP contribution is 2.06. The van der Waals surface area contributed by atoms with E-state index in [1.807, 2.05) is 36.6 Å². The maximum Gasteiger partial charge on any atom is 0.328 e. The van der Waals surface area contributed by atoms with Crippen molar-refractivity contribution < 1.29 is 14.3 Å². The molecule has 0 aliphatic heterocycles. The van der Waals surface area contributed by atoms with Gasteiger partial charge in [-0.05, 0) is 24.0 Å². The Morgan fingerprint density at radius 3 is 2.50 bits per heavy atom. The second kappa shape index (κ2) is 11.3. The molecule has 0 fully saturated rings. The lowest BCUT2D eigenvalue weighted by molar-refractivity contribution is -0.145. The van der Waals surface area contributed by atoms with E-state index in [9.17, 15) is 9.59 Å². The highest BCUT2D eigenvalue weighted by molar-refractivity contribution is 7.98. The molecule has 0 spiro atoms. The predicted molar refractivity (Wildman–Crippen MR) is 92.3 cm³/mol. The van der Waals surface area contributed by atoms with Gasteiger partial charge < -0.3 is 15.8 Å². The van der Waals surface area contributed by atoms with Crippen molar-refractivity contribution in [3.05, 3.63) is 35.9 Å². The summed E-state index contributed by atoms with van der Waals surface area (Å²) >= 11 is 1.63. The van der Waals surface area contributed by atoms with E-state index in [2.05, 4.69) is 5.32 Å². The van der Waals surface area contributed by atoms with Gasteiger partial charge in [-0.1, -0.05) is 30.3 Å². The third kappa shape index (κ3) is 7.15. The number of carbonyl (C=O) groups excluding carboxylic acids is 2. The van der Waals surface area contributed by atoms with Crippen molar-refractivity contribution in [2.75, 3.05) is 19.1 Å². The molecule has 0 aliphatic carbocycles. The fraction of sp³-hybridized carbons (Fsp3) is 0.467. The fourth-order valence-corrected chi connectivity index (χ4v) is 2.33. The number of carbonyl (C=O) groups is 2. The molecule has 1 aromatic carbocycles. The number of nitrogens with two attached hydrogens (primary N) is 1. The van der Waals surface area contributed by atoms with E-state index in [4.69, 9.17) is 10.5 Å². The van der Waals surface area contributed by atoms with Crippen molar-refractivity contribution in [1.82, 2.24) is 5.32 Å². The summed E-state index contributed by atoms with van der Waals surface area (Å²) in [5, 5.41) is 2.68. The first-order valence-corrected chi connectivity index (χ1v) is 8.14. The number of esters is 1. The Labute approximate surface area is 141 Å². The Bertz CT molecular complexity index is 459. The zero-order valence-corrected chi connectivity index (χ0v) is 14.4. The van der Waals surface area contributed by atoms with Crippen molar-refractivity contribution in [2.24, 2.45) is 5.73 Å². The van der Waals surface area contributed by atoms with Crippen LogP contribution in [0.4, 0.5) is 0 Å². The Morgan fingerprint density at radius 1 is 1.32 bits per heavy atom. The molecule has 124 valence electrons. The lowest BCUT2D eigenvalue weighted by Crippen LogP contribution is -2.49. The van der Waals surface area contributed by atoms with E-state index in [0.29, 0.717) is 12.8 Å². The van der Waals surface area contributed by atoms with Gasteiger partial charge in [0.2, 0.25) is 5.91 Å². The second-order valence-corrected chi connectivity index (χ2v) is 5.65. The summed E-state index contributed by atoms with van der Waals surface area (Å²) in [6.45, 7) is 0. The normalized spacial score (nSPS) is 12.7. The third-order valence-corrected chi connectivity index (χ3v) is 3.70. The van der Waals surface area contributed by atoms with E-state index in [0.717, 1.165) is 11.3 Å². The molecule has 0 aliphatic rings. The summed E-state index contributed by atoms with van der Waals surface area (Å²) in [5.41, 5.74) is 6.76. The summed E-state index contributed by atoms with van der Waals surface area (Å²) in [5.74, 6) is 0.00976. The minimum absolute atomic E-state index is 0. The molecule has 0 unspecified atom stereocenters. The van der Waals surface area contributed by atoms with Crippen LogP contribution in [-0.4, -0.2) is 43.1 Å². The molecule has 0 aromatic heterocycles. The Morgan fingerprint density at radius 2 is 1.95 bits per heavy atom. The topological polar surface area (TPSA) is 81.4 Å². The van der Waals surface area contributed by atoms with Crippen molar-refractivity contribution in [3.8, 4) is 0 Å². The number of benzene rings is 1. The van der Waals surface area contributed by atoms with Gasteiger partial charge in [-0.3, -0.25) is 4.79 Å². The average molecular weight is 347 g/mol. The van der Waals surface area contributed by atoms with Crippen molar-refractivity contribution in [3.63, 3.8) is 0 Å². The minimum Gasteiger partial charge on any atom is -0.467 e. The van der Waals surface area contributed by atoms with Gasteiger partial charge in [-0.25, -0.2) is 4.79 Å². The van der Waals surface area contributed by atoms with Gasteiger partial charge in [0.15, 0.2) is 0 Å². The molecule has 3 N–H and O–H groups in total. The molecule has 22 heavy (non-hydrogen) atoms. The molecule has 0 radical (unpaired) electrons. The predicted octanol–water partition coefficient (Wildman–Crippen LogP) is 1.39. The lowest BCUT2D eigenvalue weighted by Gasteiger charge is -2.19. The van der Waals surface area contributed by atoms with Crippen LogP contribution in [0.5, 0.6) is 0 Å². The zero-order valence-electron chi connectivity index (χ0n) is 12.8. The zero-order chi connectivity index (χ0) is 15.7. The second-order valence-electron chi connectivity index (χ2n) is 4.66. The van der Waals surface area contributed by atoms with Gasteiger partial charge in [0.25, 0.3) is 0 Å². The molecule has 1 rings (SSSR count). The van der Waals surface area contributed by atoms with Crippen LogP contribution in [0.25, 0.3) is 0 Å². The van der Waals surface area contributed by atoms with Gasteiger partial charge in [-0.15, -0.1) is 12.4 Å². The summed E-state index contributed by atoms with van der Waals surface area (Å²) < 4.78 is 4.75. The summed E-state index contributed by atoms with van der Waals surface area (Å²) in [6.07, 6.45) is 2.91. The number of halogens is 1. The number of hydrogen-bond donors (Lipinski definition) is 2.